The number of rotatable bonds is 6. The van der Waals surface area contributed by atoms with E-state index in [9.17, 15) is 9.59 Å². The number of amides is 1. The van der Waals surface area contributed by atoms with Crippen LogP contribution in [0.3, 0.4) is 0 Å². The molecule has 5 nitrogen and oxygen atoms in total. The summed E-state index contributed by atoms with van der Waals surface area (Å²) in [5, 5.41) is 14.0. The highest BCUT2D eigenvalue weighted by atomic mass is 32.1. The lowest BCUT2D eigenvalue weighted by Crippen LogP contribution is -2.41. The number of nitrogens with one attached hydrogen (secondary N) is 1. The van der Waals surface area contributed by atoms with Gasteiger partial charge in [-0.3, -0.25) is 4.79 Å². The molecule has 0 saturated heterocycles. The number of aromatic nitrogens is 1. The van der Waals surface area contributed by atoms with Crippen molar-refractivity contribution in [3.05, 3.63) is 28.7 Å². The zero-order chi connectivity index (χ0) is 12.8. The van der Waals surface area contributed by atoms with Gasteiger partial charge < -0.3 is 10.4 Å². The molecular weight excluding hydrogens is 240 g/mol. The predicted octanol–water partition coefficient (Wildman–Crippen LogP) is 1.14. The van der Waals surface area contributed by atoms with Crippen LogP contribution in [0.4, 0.5) is 0 Å². The summed E-state index contributed by atoms with van der Waals surface area (Å²) in [6.07, 6.45) is 1.77. The third-order valence-electron chi connectivity index (χ3n) is 2.04. The van der Waals surface area contributed by atoms with Crippen LogP contribution in [0.2, 0.25) is 0 Å². The third kappa shape index (κ3) is 4.36. The molecule has 1 heterocycles. The molecule has 2 N–H and O–H groups in total. The SMILES string of the molecule is C=CCC(NC(=O)Cc1csc(C)n1)C(=O)O. The standard InChI is InChI=1S/C11H14N2O3S/c1-3-4-9(11(15)16)13-10(14)5-8-6-17-7(2)12-8/h3,6,9H,1,4-5H2,2H3,(H,13,14)(H,15,16). The third-order valence-corrected chi connectivity index (χ3v) is 2.87. The molecule has 1 atom stereocenters. The van der Waals surface area contributed by atoms with Crippen molar-refractivity contribution in [2.45, 2.75) is 25.8 Å². The van der Waals surface area contributed by atoms with E-state index in [1.807, 2.05) is 6.92 Å². The Kier molecular flexibility index (Phi) is 4.84. The van der Waals surface area contributed by atoms with E-state index in [2.05, 4.69) is 16.9 Å². The van der Waals surface area contributed by atoms with Gasteiger partial charge in [-0.15, -0.1) is 17.9 Å². The summed E-state index contributed by atoms with van der Waals surface area (Å²) in [6.45, 7) is 5.30. The van der Waals surface area contributed by atoms with Gasteiger partial charge in [0, 0.05) is 5.38 Å². The molecule has 0 bridgehead atoms. The highest BCUT2D eigenvalue weighted by Crippen LogP contribution is 2.08. The molecule has 1 unspecified atom stereocenters. The molecule has 0 radical (unpaired) electrons. The number of nitrogens with zero attached hydrogens (tertiary/aromatic N) is 1. The Morgan fingerprint density at radius 3 is 2.88 bits per heavy atom. The van der Waals surface area contributed by atoms with Crippen LogP contribution < -0.4 is 5.32 Å². The summed E-state index contributed by atoms with van der Waals surface area (Å²) in [7, 11) is 0. The fourth-order valence-corrected chi connectivity index (χ4v) is 1.90. The van der Waals surface area contributed by atoms with Crippen LogP contribution in [-0.2, 0) is 16.0 Å². The predicted molar refractivity (Wildman–Crippen MR) is 64.9 cm³/mol. The second-order valence-corrected chi connectivity index (χ2v) is 4.58. The molecule has 6 heteroatoms. The average Bonchev–Trinajstić information content (AvgIpc) is 2.63. The molecule has 0 spiro atoms. The molecule has 0 saturated carbocycles. The van der Waals surface area contributed by atoms with Crippen molar-refractivity contribution in [3.8, 4) is 0 Å². The maximum absolute atomic E-state index is 11.6. The normalized spacial score (nSPS) is 11.8. The van der Waals surface area contributed by atoms with Crippen LogP contribution in [-0.4, -0.2) is 28.0 Å². The Morgan fingerprint density at radius 1 is 1.71 bits per heavy atom. The van der Waals surface area contributed by atoms with Gasteiger partial charge in [-0.25, -0.2) is 9.78 Å². The van der Waals surface area contributed by atoms with Crippen molar-refractivity contribution in [2.24, 2.45) is 0 Å². The summed E-state index contributed by atoms with van der Waals surface area (Å²) in [5.41, 5.74) is 0.660. The van der Waals surface area contributed by atoms with Gasteiger partial charge in [0.2, 0.25) is 5.91 Å². The summed E-state index contributed by atoms with van der Waals surface area (Å²) in [6, 6.07) is -0.917. The van der Waals surface area contributed by atoms with E-state index in [0.717, 1.165) is 5.01 Å². The smallest absolute Gasteiger partial charge is 0.326 e. The number of carbonyl (C=O) groups excluding carboxylic acids is 1. The molecule has 92 valence electrons. The van der Waals surface area contributed by atoms with E-state index in [0.29, 0.717) is 5.69 Å². The zero-order valence-electron chi connectivity index (χ0n) is 9.47. The van der Waals surface area contributed by atoms with E-state index in [1.165, 1.54) is 17.4 Å². The van der Waals surface area contributed by atoms with Gasteiger partial charge >= 0.3 is 5.97 Å². The molecule has 0 aliphatic carbocycles. The molecular formula is C11H14N2O3S. The lowest BCUT2D eigenvalue weighted by molar-refractivity contribution is -0.141. The molecule has 0 fully saturated rings. The number of aliphatic carboxylic acids is 1. The molecule has 1 rings (SSSR count). The monoisotopic (exact) mass is 254 g/mol. The van der Waals surface area contributed by atoms with Crippen molar-refractivity contribution in [1.82, 2.24) is 10.3 Å². The van der Waals surface area contributed by atoms with E-state index in [-0.39, 0.29) is 18.7 Å². The topological polar surface area (TPSA) is 79.3 Å². The van der Waals surface area contributed by atoms with Crippen LogP contribution in [0.1, 0.15) is 17.1 Å². The minimum atomic E-state index is -1.06. The molecule has 0 aromatic carbocycles. The fourth-order valence-electron chi connectivity index (χ4n) is 1.29. The first-order valence-corrected chi connectivity index (χ1v) is 5.95. The number of thiazole rings is 1. The Bertz CT molecular complexity index is 428. The first-order valence-electron chi connectivity index (χ1n) is 5.07. The Hall–Kier alpha value is -1.69. The minimum absolute atomic E-state index is 0.102. The van der Waals surface area contributed by atoms with Crippen LogP contribution in [0.5, 0.6) is 0 Å². The number of carboxylic acids is 1. The summed E-state index contributed by atoms with van der Waals surface area (Å²) >= 11 is 1.46. The lowest BCUT2D eigenvalue weighted by Gasteiger charge is -2.11. The van der Waals surface area contributed by atoms with Crippen molar-refractivity contribution >= 4 is 23.2 Å². The minimum Gasteiger partial charge on any atom is -0.480 e. The summed E-state index contributed by atoms with van der Waals surface area (Å²) in [5.74, 6) is -1.41. The summed E-state index contributed by atoms with van der Waals surface area (Å²) < 4.78 is 0. The van der Waals surface area contributed by atoms with E-state index in [4.69, 9.17) is 5.11 Å². The van der Waals surface area contributed by atoms with Crippen LogP contribution in [0, 0.1) is 6.92 Å². The van der Waals surface area contributed by atoms with E-state index in [1.54, 1.807) is 5.38 Å². The number of hydrogen-bond acceptors (Lipinski definition) is 4. The van der Waals surface area contributed by atoms with Gasteiger partial charge in [-0.05, 0) is 13.3 Å². The van der Waals surface area contributed by atoms with E-state index >= 15 is 0 Å². The van der Waals surface area contributed by atoms with Crippen molar-refractivity contribution in [2.75, 3.05) is 0 Å². The van der Waals surface area contributed by atoms with Crippen LogP contribution >= 0.6 is 11.3 Å². The first-order chi connectivity index (χ1) is 8.02. The van der Waals surface area contributed by atoms with Gasteiger partial charge in [-0.1, -0.05) is 6.08 Å². The number of aryl methyl sites for hydroxylation is 1. The van der Waals surface area contributed by atoms with Crippen LogP contribution in [0.15, 0.2) is 18.0 Å². The van der Waals surface area contributed by atoms with Crippen molar-refractivity contribution < 1.29 is 14.7 Å². The Labute approximate surface area is 103 Å². The largest absolute Gasteiger partial charge is 0.480 e. The Balaban J connectivity index is 2.53. The number of carboxylic acid groups (broad SMARTS) is 1. The number of carbonyl (C=O) groups is 2. The second-order valence-electron chi connectivity index (χ2n) is 3.52. The maximum Gasteiger partial charge on any atom is 0.326 e. The molecule has 1 amide bonds. The van der Waals surface area contributed by atoms with Crippen LogP contribution in [0.25, 0.3) is 0 Å². The van der Waals surface area contributed by atoms with Gasteiger partial charge in [0.25, 0.3) is 0 Å². The quantitative estimate of drug-likeness (QED) is 0.746. The molecule has 17 heavy (non-hydrogen) atoms. The molecule has 1 aromatic heterocycles. The molecule has 0 aliphatic rings. The average molecular weight is 254 g/mol. The highest BCUT2D eigenvalue weighted by molar-refractivity contribution is 7.09. The van der Waals surface area contributed by atoms with Gasteiger partial charge in [-0.2, -0.15) is 0 Å². The second kappa shape index (κ2) is 6.15. The van der Waals surface area contributed by atoms with Crippen molar-refractivity contribution in [3.63, 3.8) is 0 Å². The molecule has 1 aromatic rings. The Morgan fingerprint density at radius 2 is 2.41 bits per heavy atom. The highest BCUT2D eigenvalue weighted by Gasteiger charge is 2.18. The van der Waals surface area contributed by atoms with Crippen molar-refractivity contribution in [1.29, 1.82) is 0 Å². The van der Waals surface area contributed by atoms with Gasteiger partial charge in [0.05, 0.1) is 17.1 Å². The van der Waals surface area contributed by atoms with Gasteiger partial charge in [0.1, 0.15) is 6.04 Å². The fraction of sp³-hybridized carbons (Fsp3) is 0.364. The lowest BCUT2D eigenvalue weighted by atomic mass is 10.2. The summed E-state index contributed by atoms with van der Waals surface area (Å²) in [4.78, 5) is 26.5. The van der Waals surface area contributed by atoms with Gasteiger partial charge in [0.15, 0.2) is 0 Å². The van der Waals surface area contributed by atoms with E-state index < -0.39 is 12.0 Å². The number of hydrogen-bond donors (Lipinski definition) is 2. The zero-order valence-corrected chi connectivity index (χ0v) is 10.3. The molecule has 0 aliphatic heterocycles. The first kappa shape index (κ1) is 13.4. The maximum atomic E-state index is 11.6.